The first-order chi connectivity index (χ1) is 7.34. The molecule has 4 heteroatoms. The zero-order valence-electron chi connectivity index (χ0n) is 9.67. The fourth-order valence-electron chi connectivity index (χ4n) is 1.96. The molecule has 0 aromatic heterocycles. The molecular weight excluding hydrogens is 210 g/mol. The Bertz CT molecular complexity index is 181. The van der Waals surface area contributed by atoms with Gasteiger partial charge in [-0.2, -0.15) is 0 Å². The number of rotatable bonds is 8. The predicted molar refractivity (Wildman–Crippen MR) is 64.6 cm³/mol. The van der Waals surface area contributed by atoms with Gasteiger partial charge in [0, 0.05) is 35.5 Å². The highest BCUT2D eigenvalue weighted by atomic mass is 32.2. The summed E-state index contributed by atoms with van der Waals surface area (Å²) in [5.74, 6) is 0.866. The highest BCUT2D eigenvalue weighted by Gasteiger charge is 2.20. The maximum absolute atomic E-state index is 11.8. The van der Waals surface area contributed by atoms with Gasteiger partial charge in [0.1, 0.15) is 0 Å². The molecule has 1 unspecified atom stereocenters. The van der Waals surface area contributed by atoms with Crippen molar-refractivity contribution < 1.29 is 8.95 Å². The van der Waals surface area contributed by atoms with Gasteiger partial charge in [0.15, 0.2) is 0 Å². The molecule has 0 aromatic rings. The molecule has 1 fully saturated rings. The first-order valence-corrected chi connectivity index (χ1v) is 7.29. The van der Waals surface area contributed by atoms with Crippen LogP contribution in [-0.2, 0) is 15.5 Å². The van der Waals surface area contributed by atoms with Gasteiger partial charge in [-0.3, -0.25) is 4.21 Å². The minimum absolute atomic E-state index is 0.504. The van der Waals surface area contributed by atoms with E-state index in [9.17, 15) is 4.21 Å². The summed E-state index contributed by atoms with van der Waals surface area (Å²) in [6.45, 7) is 2.61. The minimum Gasteiger partial charge on any atom is -0.383 e. The van der Waals surface area contributed by atoms with Crippen LogP contribution in [0.4, 0.5) is 0 Å². The van der Waals surface area contributed by atoms with E-state index in [4.69, 9.17) is 4.74 Å². The van der Waals surface area contributed by atoms with E-state index >= 15 is 0 Å². The second kappa shape index (κ2) is 8.25. The smallest absolute Gasteiger partial charge is 0.0587 e. The van der Waals surface area contributed by atoms with Crippen LogP contribution >= 0.6 is 0 Å². The van der Waals surface area contributed by atoms with Gasteiger partial charge in [-0.15, -0.1) is 0 Å². The van der Waals surface area contributed by atoms with Crippen LogP contribution in [0, 0.1) is 0 Å². The Kier molecular flexibility index (Phi) is 7.22. The normalized spacial score (nSPS) is 19.5. The van der Waals surface area contributed by atoms with Crippen molar-refractivity contribution in [3.8, 4) is 0 Å². The summed E-state index contributed by atoms with van der Waals surface area (Å²) in [5, 5.41) is 3.78. The molecule has 0 radical (unpaired) electrons. The third-order valence-electron chi connectivity index (χ3n) is 2.86. The summed E-state index contributed by atoms with van der Waals surface area (Å²) in [5.41, 5.74) is 0. The second-order valence-corrected chi connectivity index (χ2v) is 5.92. The monoisotopic (exact) mass is 233 g/mol. The van der Waals surface area contributed by atoms with Crippen molar-refractivity contribution >= 4 is 10.8 Å². The molecule has 0 spiro atoms. The SMILES string of the molecule is COCCNCCCS(=O)C1CCCC1. The molecule has 0 aliphatic heterocycles. The molecule has 0 heterocycles. The number of hydrogen-bond donors (Lipinski definition) is 1. The Hall–Kier alpha value is 0.0700. The Labute approximate surface area is 95.4 Å². The van der Waals surface area contributed by atoms with Crippen LogP contribution in [0.5, 0.6) is 0 Å². The molecule has 0 aromatic carbocycles. The van der Waals surface area contributed by atoms with E-state index in [-0.39, 0.29) is 0 Å². The lowest BCUT2D eigenvalue weighted by Crippen LogP contribution is -2.23. The quantitative estimate of drug-likeness (QED) is 0.642. The summed E-state index contributed by atoms with van der Waals surface area (Å²) >= 11 is 0. The minimum atomic E-state index is -0.574. The topological polar surface area (TPSA) is 38.3 Å². The first kappa shape index (κ1) is 13.1. The summed E-state index contributed by atoms with van der Waals surface area (Å²) in [6.07, 6.45) is 5.95. The van der Waals surface area contributed by atoms with Gasteiger partial charge in [-0.1, -0.05) is 12.8 Å². The molecule has 1 saturated carbocycles. The summed E-state index contributed by atoms with van der Waals surface area (Å²) in [7, 11) is 1.13. The van der Waals surface area contributed by atoms with Crippen LogP contribution in [0.25, 0.3) is 0 Å². The molecule has 15 heavy (non-hydrogen) atoms. The first-order valence-electron chi connectivity index (χ1n) is 5.91. The van der Waals surface area contributed by atoms with Gasteiger partial charge in [0.2, 0.25) is 0 Å². The predicted octanol–water partition coefficient (Wildman–Crippen LogP) is 1.30. The molecule has 1 aliphatic rings. The Balaban J connectivity index is 1.92. The lowest BCUT2D eigenvalue weighted by Gasteiger charge is -2.09. The van der Waals surface area contributed by atoms with E-state index in [1.807, 2.05) is 0 Å². The van der Waals surface area contributed by atoms with Crippen molar-refractivity contribution in [2.24, 2.45) is 0 Å². The average molecular weight is 233 g/mol. The van der Waals surface area contributed by atoms with Crippen LogP contribution < -0.4 is 5.32 Å². The van der Waals surface area contributed by atoms with Crippen molar-refractivity contribution in [1.29, 1.82) is 0 Å². The maximum Gasteiger partial charge on any atom is 0.0587 e. The summed E-state index contributed by atoms with van der Waals surface area (Å²) < 4.78 is 16.7. The van der Waals surface area contributed by atoms with Gasteiger partial charge in [-0.25, -0.2) is 0 Å². The van der Waals surface area contributed by atoms with Crippen molar-refractivity contribution in [2.45, 2.75) is 37.4 Å². The van der Waals surface area contributed by atoms with Crippen molar-refractivity contribution in [1.82, 2.24) is 5.32 Å². The van der Waals surface area contributed by atoms with Gasteiger partial charge >= 0.3 is 0 Å². The number of ether oxygens (including phenoxy) is 1. The number of hydrogen-bond acceptors (Lipinski definition) is 3. The fourth-order valence-corrected chi connectivity index (χ4v) is 3.58. The van der Waals surface area contributed by atoms with Crippen molar-refractivity contribution in [3.63, 3.8) is 0 Å². The average Bonchev–Trinajstić information content (AvgIpc) is 2.76. The molecule has 0 saturated heterocycles. The van der Waals surface area contributed by atoms with Gasteiger partial charge in [0.05, 0.1) is 6.61 Å². The van der Waals surface area contributed by atoms with Gasteiger partial charge in [-0.05, 0) is 25.8 Å². The van der Waals surface area contributed by atoms with E-state index in [2.05, 4.69) is 5.32 Å². The Morgan fingerprint density at radius 2 is 2.07 bits per heavy atom. The van der Waals surface area contributed by atoms with E-state index in [0.717, 1.165) is 31.9 Å². The Morgan fingerprint density at radius 1 is 1.33 bits per heavy atom. The van der Waals surface area contributed by atoms with E-state index in [0.29, 0.717) is 5.25 Å². The van der Waals surface area contributed by atoms with Crippen LogP contribution in [-0.4, -0.2) is 42.0 Å². The molecule has 1 atom stereocenters. The highest BCUT2D eigenvalue weighted by Crippen LogP contribution is 2.23. The number of methoxy groups -OCH3 is 1. The van der Waals surface area contributed by atoms with Gasteiger partial charge < -0.3 is 10.1 Å². The molecular formula is C11H23NO2S. The van der Waals surface area contributed by atoms with Crippen LogP contribution in [0.15, 0.2) is 0 Å². The molecule has 1 rings (SSSR count). The maximum atomic E-state index is 11.8. The molecule has 1 aliphatic carbocycles. The van der Waals surface area contributed by atoms with E-state index in [1.165, 1.54) is 25.7 Å². The third kappa shape index (κ3) is 5.64. The van der Waals surface area contributed by atoms with Crippen molar-refractivity contribution in [2.75, 3.05) is 32.6 Å². The lowest BCUT2D eigenvalue weighted by molar-refractivity contribution is 0.199. The molecule has 0 bridgehead atoms. The summed E-state index contributed by atoms with van der Waals surface area (Å²) in [6, 6.07) is 0. The second-order valence-electron chi connectivity index (χ2n) is 4.09. The third-order valence-corrected chi connectivity index (χ3v) is 4.76. The van der Waals surface area contributed by atoms with Crippen LogP contribution in [0.2, 0.25) is 0 Å². The molecule has 90 valence electrons. The molecule has 1 N–H and O–H groups in total. The number of nitrogens with one attached hydrogen (secondary N) is 1. The van der Waals surface area contributed by atoms with Crippen LogP contribution in [0.3, 0.4) is 0 Å². The Morgan fingerprint density at radius 3 is 2.73 bits per heavy atom. The summed E-state index contributed by atoms with van der Waals surface area (Å²) in [4.78, 5) is 0. The van der Waals surface area contributed by atoms with Gasteiger partial charge in [0.25, 0.3) is 0 Å². The highest BCUT2D eigenvalue weighted by molar-refractivity contribution is 7.85. The fraction of sp³-hybridized carbons (Fsp3) is 1.00. The van der Waals surface area contributed by atoms with E-state index in [1.54, 1.807) is 7.11 Å². The zero-order valence-corrected chi connectivity index (χ0v) is 10.5. The van der Waals surface area contributed by atoms with Crippen molar-refractivity contribution in [3.05, 3.63) is 0 Å². The standard InChI is InChI=1S/C11H23NO2S/c1-14-9-8-12-7-4-10-15(13)11-5-2-3-6-11/h11-12H,2-10H2,1H3. The zero-order chi connectivity index (χ0) is 10.9. The van der Waals surface area contributed by atoms with E-state index < -0.39 is 10.8 Å². The largest absolute Gasteiger partial charge is 0.383 e. The lowest BCUT2D eigenvalue weighted by atomic mass is 10.4. The molecule has 0 amide bonds. The molecule has 3 nitrogen and oxygen atoms in total. The van der Waals surface area contributed by atoms with Crippen LogP contribution in [0.1, 0.15) is 32.1 Å².